The molecule has 0 saturated heterocycles. The van der Waals surface area contributed by atoms with Crippen molar-refractivity contribution < 1.29 is 0 Å². The van der Waals surface area contributed by atoms with Crippen LogP contribution >= 0.6 is 23.2 Å². The Morgan fingerprint density at radius 1 is 1.06 bits per heavy atom. The van der Waals surface area contributed by atoms with Crippen molar-refractivity contribution in [3.63, 3.8) is 0 Å². The van der Waals surface area contributed by atoms with Crippen LogP contribution in [0.2, 0.25) is 10.0 Å². The first kappa shape index (κ1) is 13.3. The standard InChI is InChI=1S/C14H14Cl2N2/c1-18(9-11-3-2-4-12(15)7-11)10-14-8-13(16)5-6-17-14/h2-8H,9-10H2,1H3. The fraction of sp³-hybridized carbons (Fsp3) is 0.214. The first-order chi connectivity index (χ1) is 8.63. The second kappa shape index (κ2) is 6.19. The average Bonchev–Trinajstić information content (AvgIpc) is 2.28. The predicted molar refractivity (Wildman–Crippen MR) is 75.9 cm³/mol. The Morgan fingerprint density at radius 2 is 1.83 bits per heavy atom. The summed E-state index contributed by atoms with van der Waals surface area (Å²) in [4.78, 5) is 6.46. The molecule has 0 N–H and O–H groups in total. The van der Waals surface area contributed by atoms with Crippen LogP contribution in [0, 0.1) is 0 Å². The molecular weight excluding hydrogens is 267 g/mol. The third kappa shape index (κ3) is 3.98. The van der Waals surface area contributed by atoms with Crippen LogP contribution in [0.5, 0.6) is 0 Å². The number of aromatic nitrogens is 1. The van der Waals surface area contributed by atoms with Crippen molar-refractivity contribution in [3.8, 4) is 0 Å². The van der Waals surface area contributed by atoms with Crippen LogP contribution in [0.1, 0.15) is 11.3 Å². The van der Waals surface area contributed by atoms with Gasteiger partial charge in [-0.3, -0.25) is 9.88 Å². The largest absolute Gasteiger partial charge is 0.296 e. The number of rotatable bonds is 4. The summed E-state index contributed by atoms with van der Waals surface area (Å²) >= 11 is 11.9. The van der Waals surface area contributed by atoms with Crippen LogP contribution in [-0.4, -0.2) is 16.9 Å². The monoisotopic (exact) mass is 280 g/mol. The molecule has 0 aliphatic heterocycles. The molecule has 2 aromatic rings. The van der Waals surface area contributed by atoms with Gasteiger partial charge in [0.15, 0.2) is 0 Å². The number of hydrogen-bond donors (Lipinski definition) is 0. The summed E-state index contributed by atoms with van der Waals surface area (Å²) in [5.74, 6) is 0. The first-order valence-electron chi connectivity index (χ1n) is 5.67. The lowest BCUT2D eigenvalue weighted by atomic mass is 10.2. The summed E-state index contributed by atoms with van der Waals surface area (Å²) in [5, 5.41) is 1.48. The molecule has 4 heteroatoms. The minimum atomic E-state index is 0.719. The van der Waals surface area contributed by atoms with Gasteiger partial charge in [0.25, 0.3) is 0 Å². The highest BCUT2D eigenvalue weighted by molar-refractivity contribution is 6.30. The molecule has 1 aromatic carbocycles. The molecule has 0 fully saturated rings. The van der Waals surface area contributed by atoms with Gasteiger partial charge in [-0.25, -0.2) is 0 Å². The maximum atomic E-state index is 5.96. The molecule has 0 bridgehead atoms. The van der Waals surface area contributed by atoms with E-state index >= 15 is 0 Å². The molecule has 1 heterocycles. The van der Waals surface area contributed by atoms with Crippen LogP contribution in [0.4, 0.5) is 0 Å². The highest BCUT2D eigenvalue weighted by atomic mass is 35.5. The van der Waals surface area contributed by atoms with Crippen molar-refractivity contribution in [2.24, 2.45) is 0 Å². The number of nitrogens with zero attached hydrogens (tertiary/aromatic N) is 2. The second-order valence-corrected chi connectivity index (χ2v) is 5.14. The topological polar surface area (TPSA) is 16.1 Å². The van der Waals surface area contributed by atoms with Crippen LogP contribution < -0.4 is 0 Å². The molecule has 0 radical (unpaired) electrons. The van der Waals surface area contributed by atoms with E-state index in [1.54, 1.807) is 12.3 Å². The quantitative estimate of drug-likeness (QED) is 0.841. The Morgan fingerprint density at radius 3 is 2.56 bits per heavy atom. The summed E-state index contributed by atoms with van der Waals surface area (Å²) in [7, 11) is 2.05. The highest BCUT2D eigenvalue weighted by Crippen LogP contribution is 2.14. The Hall–Kier alpha value is -1.09. The Bertz CT molecular complexity index is 481. The second-order valence-electron chi connectivity index (χ2n) is 4.27. The van der Waals surface area contributed by atoms with Crippen LogP contribution in [0.15, 0.2) is 42.6 Å². The molecule has 0 unspecified atom stereocenters. The predicted octanol–water partition coefficient (Wildman–Crippen LogP) is 4.02. The molecule has 94 valence electrons. The van der Waals surface area contributed by atoms with E-state index < -0.39 is 0 Å². The number of benzene rings is 1. The molecule has 2 rings (SSSR count). The van der Waals surface area contributed by atoms with Gasteiger partial charge in [0, 0.05) is 29.3 Å². The molecule has 18 heavy (non-hydrogen) atoms. The van der Waals surface area contributed by atoms with Crippen molar-refractivity contribution >= 4 is 23.2 Å². The lowest BCUT2D eigenvalue weighted by molar-refractivity contribution is 0.315. The van der Waals surface area contributed by atoms with Crippen molar-refractivity contribution in [1.82, 2.24) is 9.88 Å². The molecule has 0 atom stereocenters. The Balaban J connectivity index is 1.98. The minimum Gasteiger partial charge on any atom is -0.296 e. The van der Waals surface area contributed by atoms with E-state index in [-0.39, 0.29) is 0 Å². The lowest BCUT2D eigenvalue weighted by Gasteiger charge is -2.16. The zero-order valence-electron chi connectivity index (χ0n) is 10.1. The van der Waals surface area contributed by atoms with E-state index in [4.69, 9.17) is 23.2 Å². The minimum absolute atomic E-state index is 0.719. The number of hydrogen-bond acceptors (Lipinski definition) is 2. The zero-order chi connectivity index (χ0) is 13.0. The van der Waals surface area contributed by atoms with E-state index in [0.717, 1.165) is 28.8 Å². The number of halogens is 2. The molecule has 0 amide bonds. The molecule has 2 nitrogen and oxygen atoms in total. The summed E-state index contributed by atoms with van der Waals surface area (Å²) < 4.78 is 0. The lowest BCUT2D eigenvalue weighted by Crippen LogP contribution is -2.17. The van der Waals surface area contributed by atoms with Crippen molar-refractivity contribution in [2.75, 3.05) is 7.05 Å². The molecule has 0 aliphatic carbocycles. The van der Waals surface area contributed by atoms with Gasteiger partial charge in [-0.2, -0.15) is 0 Å². The Kier molecular flexibility index (Phi) is 4.59. The van der Waals surface area contributed by atoms with Crippen LogP contribution in [0.25, 0.3) is 0 Å². The summed E-state index contributed by atoms with van der Waals surface area (Å²) in [6.45, 7) is 1.59. The van der Waals surface area contributed by atoms with Crippen LogP contribution in [-0.2, 0) is 13.1 Å². The Labute approximate surface area is 117 Å². The fourth-order valence-electron chi connectivity index (χ4n) is 1.81. The molecule has 1 aromatic heterocycles. The van der Waals surface area contributed by atoms with Crippen molar-refractivity contribution in [2.45, 2.75) is 13.1 Å². The van der Waals surface area contributed by atoms with E-state index in [0.29, 0.717) is 0 Å². The maximum absolute atomic E-state index is 5.96. The van der Waals surface area contributed by atoms with E-state index in [9.17, 15) is 0 Å². The van der Waals surface area contributed by atoms with E-state index in [1.165, 1.54) is 5.56 Å². The van der Waals surface area contributed by atoms with Gasteiger partial charge >= 0.3 is 0 Å². The molecule has 0 spiro atoms. The van der Waals surface area contributed by atoms with Gasteiger partial charge in [-0.15, -0.1) is 0 Å². The SMILES string of the molecule is CN(Cc1cccc(Cl)c1)Cc1cc(Cl)ccn1. The average molecular weight is 281 g/mol. The van der Waals surface area contributed by atoms with Gasteiger partial charge in [0.05, 0.1) is 5.69 Å². The summed E-state index contributed by atoms with van der Waals surface area (Å²) in [5.41, 5.74) is 2.15. The van der Waals surface area contributed by atoms with Gasteiger partial charge in [-0.05, 0) is 36.9 Å². The summed E-state index contributed by atoms with van der Waals surface area (Å²) in [6, 6.07) is 11.5. The zero-order valence-corrected chi connectivity index (χ0v) is 11.6. The van der Waals surface area contributed by atoms with E-state index in [2.05, 4.69) is 16.0 Å². The third-order valence-electron chi connectivity index (χ3n) is 2.55. The van der Waals surface area contributed by atoms with Crippen molar-refractivity contribution in [1.29, 1.82) is 0 Å². The van der Waals surface area contributed by atoms with Crippen molar-refractivity contribution in [3.05, 3.63) is 63.9 Å². The van der Waals surface area contributed by atoms with Crippen LogP contribution in [0.3, 0.4) is 0 Å². The fourth-order valence-corrected chi connectivity index (χ4v) is 2.21. The van der Waals surface area contributed by atoms with Gasteiger partial charge < -0.3 is 0 Å². The van der Waals surface area contributed by atoms with Gasteiger partial charge in [0.2, 0.25) is 0 Å². The van der Waals surface area contributed by atoms with Gasteiger partial charge in [0.1, 0.15) is 0 Å². The molecule has 0 aliphatic rings. The molecule has 0 saturated carbocycles. The maximum Gasteiger partial charge on any atom is 0.0558 e. The summed E-state index contributed by atoms with van der Waals surface area (Å²) in [6.07, 6.45) is 1.73. The smallest absolute Gasteiger partial charge is 0.0558 e. The third-order valence-corrected chi connectivity index (χ3v) is 3.02. The molecular formula is C14H14Cl2N2. The van der Waals surface area contributed by atoms with E-state index in [1.807, 2.05) is 31.3 Å². The normalized spacial score (nSPS) is 10.9. The first-order valence-corrected chi connectivity index (χ1v) is 6.42. The highest BCUT2D eigenvalue weighted by Gasteiger charge is 2.03. The number of pyridine rings is 1. The van der Waals surface area contributed by atoms with Gasteiger partial charge in [-0.1, -0.05) is 35.3 Å².